The summed E-state index contributed by atoms with van der Waals surface area (Å²) in [6.45, 7) is 0.899. The van der Waals surface area contributed by atoms with E-state index in [0.717, 1.165) is 25.7 Å². The molecule has 6 N–H and O–H groups in total. The van der Waals surface area contributed by atoms with Crippen LogP contribution in [-0.2, 0) is 14.3 Å². The van der Waals surface area contributed by atoms with E-state index < -0.39 is 14.9 Å². The van der Waals surface area contributed by atoms with Crippen LogP contribution < -0.4 is 6.15 Å². The summed E-state index contributed by atoms with van der Waals surface area (Å²) in [6.07, 6.45) is 6.59. The Bertz CT molecular complexity index is 355. The minimum absolute atomic E-state index is 0. The molecule has 0 atom stereocenters. The Hall–Kier alpha value is -0.250. The van der Waals surface area contributed by atoms with Gasteiger partial charge in [0.25, 0.3) is 10.1 Å². The van der Waals surface area contributed by atoms with E-state index in [0.29, 0.717) is 12.8 Å². The molecule has 142 valence electrons. The van der Waals surface area contributed by atoms with Gasteiger partial charge in [-0.25, -0.2) is 0 Å². The predicted octanol–water partition coefficient (Wildman–Crippen LogP) is 1.74. The van der Waals surface area contributed by atoms with Crippen molar-refractivity contribution < 1.29 is 27.9 Å². The van der Waals surface area contributed by atoms with Crippen LogP contribution in [0.2, 0.25) is 0 Å². The molecule has 0 aliphatic rings. The summed E-state index contributed by atoms with van der Waals surface area (Å²) >= 11 is 0. The summed E-state index contributed by atoms with van der Waals surface area (Å²) in [5, 5.41) is 27.2. The summed E-state index contributed by atoms with van der Waals surface area (Å²) in [5.74, 6) is 0. The van der Waals surface area contributed by atoms with Crippen molar-refractivity contribution in [3.8, 4) is 0 Å². The lowest BCUT2D eigenvalue weighted by atomic mass is 9.93. The van der Waals surface area contributed by atoms with Gasteiger partial charge >= 0.3 is 0 Å². The normalized spacial score (nSPS) is 12.2. The Morgan fingerprint density at radius 3 is 1.83 bits per heavy atom. The van der Waals surface area contributed by atoms with Crippen LogP contribution in [0.1, 0.15) is 64.7 Å². The van der Waals surface area contributed by atoms with Gasteiger partial charge in [0, 0.05) is 13.2 Å². The fourth-order valence-corrected chi connectivity index (χ4v) is 4.28. The summed E-state index contributed by atoms with van der Waals surface area (Å²) in [6, 6.07) is 0. The van der Waals surface area contributed by atoms with Gasteiger partial charge in [0.1, 0.15) is 4.75 Å². The van der Waals surface area contributed by atoms with Crippen molar-refractivity contribution in [3.05, 3.63) is 0 Å². The van der Waals surface area contributed by atoms with E-state index in [1.807, 2.05) is 0 Å². The third kappa shape index (κ3) is 8.97. The number of hydrogen-bond acceptors (Lipinski definition) is 7. The minimum atomic E-state index is -3.95. The second kappa shape index (κ2) is 14.1. The monoisotopic (exact) mass is 357 g/mol. The van der Waals surface area contributed by atoms with Crippen LogP contribution in [0.15, 0.2) is 0 Å². The van der Waals surface area contributed by atoms with Crippen molar-refractivity contribution in [3.63, 3.8) is 0 Å². The van der Waals surface area contributed by atoms with Gasteiger partial charge in [-0.1, -0.05) is 45.4 Å². The van der Waals surface area contributed by atoms with Crippen LogP contribution in [-0.4, -0.2) is 54.9 Å². The summed E-state index contributed by atoms with van der Waals surface area (Å²) in [5.41, 5.74) is 0. The molecule has 0 amide bonds. The van der Waals surface area contributed by atoms with Crippen molar-refractivity contribution in [2.24, 2.45) is 0 Å². The standard InChI is InChI=1S/C15H32O6S.H3N/c1-2-3-4-5-6-7-8-15(9-11-16,10-12-17)22(19,20)21-14-13-18;/h16-18H,2-14H2,1H3;1H3. The molecule has 0 aromatic carbocycles. The first-order valence-electron chi connectivity index (χ1n) is 8.21. The van der Waals surface area contributed by atoms with Crippen molar-refractivity contribution in [1.82, 2.24) is 6.15 Å². The van der Waals surface area contributed by atoms with Crippen LogP contribution in [0.5, 0.6) is 0 Å². The number of aliphatic hydroxyl groups is 3. The SMILES string of the molecule is CCCCCCCCC(CCO)(CCO)S(=O)(=O)OCCO.N. The maximum absolute atomic E-state index is 12.4. The van der Waals surface area contributed by atoms with E-state index in [9.17, 15) is 18.6 Å². The molecule has 0 bridgehead atoms. The predicted molar refractivity (Wildman–Crippen MR) is 91.1 cm³/mol. The van der Waals surface area contributed by atoms with Crippen molar-refractivity contribution >= 4 is 10.1 Å². The van der Waals surface area contributed by atoms with Crippen LogP contribution in [0.3, 0.4) is 0 Å². The van der Waals surface area contributed by atoms with Gasteiger partial charge in [-0.2, -0.15) is 8.42 Å². The van der Waals surface area contributed by atoms with Gasteiger partial charge in [0.05, 0.1) is 13.2 Å². The van der Waals surface area contributed by atoms with Crippen LogP contribution in [0, 0.1) is 0 Å². The molecular formula is C15H35NO6S. The molecule has 0 unspecified atom stereocenters. The third-order valence-electron chi connectivity index (χ3n) is 3.98. The molecular weight excluding hydrogens is 322 g/mol. The molecule has 8 heteroatoms. The first-order valence-corrected chi connectivity index (χ1v) is 9.62. The second-order valence-electron chi connectivity index (χ2n) is 5.65. The van der Waals surface area contributed by atoms with E-state index >= 15 is 0 Å². The molecule has 0 aliphatic heterocycles. The highest BCUT2D eigenvalue weighted by molar-refractivity contribution is 7.88. The zero-order valence-corrected chi connectivity index (χ0v) is 15.2. The van der Waals surface area contributed by atoms with Gasteiger partial charge in [-0.3, -0.25) is 4.18 Å². The largest absolute Gasteiger partial charge is 0.396 e. The zero-order chi connectivity index (χ0) is 16.9. The number of hydrogen-bond donors (Lipinski definition) is 4. The van der Waals surface area contributed by atoms with Gasteiger partial charge in [-0.05, 0) is 19.3 Å². The lowest BCUT2D eigenvalue weighted by molar-refractivity contribution is 0.178. The van der Waals surface area contributed by atoms with Crippen LogP contribution in [0.4, 0.5) is 0 Å². The lowest BCUT2D eigenvalue weighted by Gasteiger charge is -2.31. The Kier molecular flexibility index (Phi) is 15.3. The maximum Gasteiger partial charge on any atom is 0.273 e. The van der Waals surface area contributed by atoms with E-state index in [1.54, 1.807) is 0 Å². The Balaban J connectivity index is 0. The summed E-state index contributed by atoms with van der Waals surface area (Å²) < 4.78 is 28.4. The van der Waals surface area contributed by atoms with Gasteiger partial charge in [0.2, 0.25) is 0 Å². The van der Waals surface area contributed by atoms with Crippen molar-refractivity contribution in [1.29, 1.82) is 0 Å². The van der Waals surface area contributed by atoms with E-state index in [-0.39, 0.29) is 45.4 Å². The highest BCUT2D eigenvalue weighted by Gasteiger charge is 2.43. The molecule has 7 nitrogen and oxygen atoms in total. The maximum atomic E-state index is 12.4. The quantitative estimate of drug-likeness (QED) is 0.258. The minimum Gasteiger partial charge on any atom is -0.396 e. The lowest BCUT2D eigenvalue weighted by Crippen LogP contribution is -2.42. The zero-order valence-electron chi connectivity index (χ0n) is 14.4. The van der Waals surface area contributed by atoms with Gasteiger partial charge < -0.3 is 21.5 Å². The number of aliphatic hydroxyl groups excluding tert-OH is 3. The van der Waals surface area contributed by atoms with Crippen molar-refractivity contribution in [2.75, 3.05) is 26.4 Å². The average Bonchev–Trinajstić information content (AvgIpc) is 2.49. The molecule has 0 saturated heterocycles. The fourth-order valence-electron chi connectivity index (χ4n) is 2.66. The molecule has 0 aromatic rings. The Morgan fingerprint density at radius 2 is 1.35 bits per heavy atom. The molecule has 0 rings (SSSR count). The molecule has 0 fully saturated rings. The Labute approximate surface area is 140 Å². The molecule has 0 aromatic heterocycles. The molecule has 0 spiro atoms. The fraction of sp³-hybridized carbons (Fsp3) is 1.00. The number of unbranched alkanes of at least 4 members (excludes halogenated alkanes) is 5. The average molecular weight is 358 g/mol. The highest BCUT2D eigenvalue weighted by atomic mass is 32.2. The van der Waals surface area contributed by atoms with E-state index in [1.165, 1.54) is 6.42 Å². The van der Waals surface area contributed by atoms with Gasteiger partial charge in [-0.15, -0.1) is 0 Å². The van der Waals surface area contributed by atoms with Gasteiger partial charge in [0.15, 0.2) is 0 Å². The topological polar surface area (TPSA) is 139 Å². The van der Waals surface area contributed by atoms with Crippen LogP contribution in [0.25, 0.3) is 0 Å². The molecule has 0 radical (unpaired) electrons. The highest BCUT2D eigenvalue weighted by Crippen LogP contribution is 2.33. The summed E-state index contributed by atoms with van der Waals surface area (Å²) in [4.78, 5) is 0. The molecule has 0 aliphatic carbocycles. The molecule has 23 heavy (non-hydrogen) atoms. The second-order valence-corrected chi connectivity index (χ2v) is 7.66. The molecule has 0 heterocycles. The third-order valence-corrected chi connectivity index (χ3v) is 6.13. The summed E-state index contributed by atoms with van der Waals surface area (Å²) in [7, 11) is -3.95. The number of rotatable bonds is 15. The first-order chi connectivity index (χ1) is 10.5. The van der Waals surface area contributed by atoms with Crippen LogP contribution >= 0.6 is 0 Å². The first kappa shape index (κ1) is 25.0. The van der Waals surface area contributed by atoms with Crippen molar-refractivity contribution in [2.45, 2.75) is 69.5 Å². The smallest absolute Gasteiger partial charge is 0.273 e. The Morgan fingerprint density at radius 1 is 0.826 bits per heavy atom. The molecule has 0 saturated carbocycles. The van der Waals surface area contributed by atoms with E-state index in [2.05, 4.69) is 6.92 Å². The van der Waals surface area contributed by atoms with E-state index in [4.69, 9.17) is 9.29 Å².